The molecule has 1 unspecified atom stereocenters. The summed E-state index contributed by atoms with van der Waals surface area (Å²) in [5.41, 5.74) is 4.89. The highest BCUT2D eigenvalue weighted by Crippen LogP contribution is 2.47. The highest BCUT2D eigenvalue weighted by molar-refractivity contribution is 6.32. The zero-order valence-corrected chi connectivity index (χ0v) is 19.1. The van der Waals surface area contributed by atoms with Gasteiger partial charge in [-0.15, -0.1) is 0 Å². The summed E-state index contributed by atoms with van der Waals surface area (Å²) in [5, 5.41) is 18.2. The Hall–Kier alpha value is -2.78. The fourth-order valence-electron chi connectivity index (χ4n) is 4.57. The molecule has 2 aliphatic rings. The van der Waals surface area contributed by atoms with Gasteiger partial charge in [0, 0.05) is 42.1 Å². The molecule has 5 rings (SSSR count). The van der Waals surface area contributed by atoms with Crippen LogP contribution in [0.5, 0.6) is 11.5 Å². The number of methoxy groups -OCH3 is 1. The van der Waals surface area contributed by atoms with E-state index in [1.165, 1.54) is 0 Å². The van der Waals surface area contributed by atoms with Crippen LogP contribution in [-0.2, 0) is 4.74 Å². The number of aromatic nitrogens is 2. The summed E-state index contributed by atoms with van der Waals surface area (Å²) in [7, 11) is 1.59. The van der Waals surface area contributed by atoms with E-state index < -0.39 is 6.23 Å². The van der Waals surface area contributed by atoms with Crippen molar-refractivity contribution in [2.45, 2.75) is 25.0 Å². The molecule has 174 valence electrons. The Balaban J connectivity index is 1.70. The number of rotatable bonds is 3. The lowest BCUT2D eigenvalue weighted by Gasteiger charge is -2.28. The predicted octanol–water partition coefficient (Wildman–Crippen LogP) is 4.35. The van der Waals surface area contributed by atoms with E-state index in [0.717, 1.165) is 41.0 Å². The molecule has 0 aliphatic carbocycles. The van der Waals surface area contributed by atoms with Crippen molar-refractivity contribution in [3.05, 3.63) is 52.9 Å². The molecule has 2 aliphatic heterocycles. The molecule has 2 atom stereocenters. The molecule has 2 bridgehead atoms. The van der Waals surface area contributed by atoms with E-state index in [-0.39, 0.29) is 5.92 Å². The van der Waals surface area contributed by atoms with E-state index in [0.29, 0.717) is 48.6 Å². The number of ether oxygens (including phenoxy) is 3. The SMILES string of the molecule is COc1c(Cl)cccc1Nc1c2[nH]c3c1C(O)NC[C@H]3CCCOCCOc1cnccc1-2. The van der Waals surface area contributed by atoms with Crippen LogP contribution >= 0.6 is 11.6 Å². The van der Waals surface area contributed by atoms with Gasteiger partial charge in [-0.25, -0.2) is 0 Å². The number of para-hydroxylation sites is 1. The number of pyridine rings is 1. The van der Waals surface area contributed by atoms with Gasteiger partial charge in [-0.1, -0.05) is 17.7 Å². The summed E-state index contributed by atoms with van der Waals surface area (Å²) in [5.74, 6) is 1.38. The van der Waals surface area contributed by atoms with Crippen LogP contribution in [0.2, 0.25) is 5.02 Å². The molecular weight excluding hydrogens is 444 g/mol. The molecule has 8 nitrogen and oxygen atoms in total. The molecule has 0 spiro atoms. The zero-order valence-electron chi connectivity index (χ0n) is 18.4. The largest absolute Gasteiger partial charge is 0.493 e. The molecule has 9 heteroatoms. The molecule has 4 N–H and O–H groups in total. The molecule has 0 saturated carbocycles. The van der Waals surface area contributed by atoms with Crippen LogP contribution < -0.4 is 20.1 Å². The van der Waals surface area contributed by atoms with Crippen LogP contribution in [0.4, 0.5) is 11.4 Å². The lowest BCUT2D eigenvalue weighted by atomic mass is 9.92. The van der Waals surface area contributed by atoms with Crippen molar-refractivity contribution in [2.24, 2.45) is 0 Å². The Morgan fingerprint density at radius 3 is 3.03 bits per heavy atom. The van der Waals surface area contributed by atoms with Gasteiger partial charge < -0.3 is 29.6 Å². The Bertz CT molecular complexity index is 1140. The molecule has 3 aromatic rings. The van der Waals surface area contributed by atoms with Crippen LogP contribution in [0.15, 0.2) is 36.7 Å². The van der Waals surface area contributed by atoms with Crippen LogP contribution in [0.1, 0.15) is 36.2 Å². The summed E-state index contributed by atoms with van der Waals surface area (Å²) in [6, 6.07) is 7.44. The number of nitrogens with one attached hydrogen (secondary N) is 3. The van der Waals surface area contributed by atoms with E-state index in [1.54, 1.807) is 25.6 Å². The van der Waals surface area contributed by atoms with Crippen LogP contribution in [0.3, 0.4) is 0 Å². The van der Waals surface area contributed by atoms with Gasteiger partial charge >= 0.3 is 0 Å². The fraction of sp³-hybridized carbons (Fsp3) is 0.375. The third-order valence-electron chi connectivity index (χ3n) is 6.12. The third-order valence-corrected chi connectivity index (χ3v) is 6.42. The van der Waals surface area contributed by atoms with E-state index in [4.69, 9.17) is 25.8 Å². The minimum Gasteiger partial charge on any atom is -0.493 e. The maximum atomic E-state index is 11.0. The van der Waals surface area contributed by atoms with Gasteiger partial charge in [0.05, 0.1) is 42.0 Å². The van der Waals surface area contributed by atoms with Crippen molar-refractivity contribution in [3.63, 3.8) is 0 Å². The van der Waals surface area contributed by atoms with E-state index >= 15 is 0 Å². The Kier molecular flexibility index (Phi) is 6.41. The quantitative estimate of drug-likeness (QED) is 0.451. The van der Waals surface area contributed by atoms with Gasteiger partial charge in [0.2, 0.25) is 0 Å². The second kappa shape index (κ2) is 9.61. The van der Waals surface area contributed by atoms with Gasteiger partial charge in [0.15, 0.2) is 5.75 Å². The van der Waals surface area contributed by atoms with Crippen molar-refractivity contribution < 1.29 is 19.3 Å². The summed E-state index contributed by atoms with van der Waals surface area (Å²) in [6.07, 6.45) is 4.44. The Morgan fingerprint density at radius 1 is 1.24 bits per heavy atom. The highest BCUT2D eigenvalue weighted by Gasteiger charge is 2.33. The molecule has 0 radical (unpaired) electrons. The third kappa shape index (κ3) is 4.27. The normalized spacial score (nSPS) is 20.5. The number of aromatic amines is 1. The lowest BCUT2D eigenvalue weighted by Crippen LogP contribution is -2.33. The first-order valence-electron chi connectivity index (χ1n) is 11.1. The minimum atomic E-state index is -0.829. The minimum absolute atomic E-state index is 0.203. The average molecular weight is 471 g/mol. The van der Waals surface area contributed by atoms with Crippen LogP contribution in [0, 0.1) is 0 Å². The number of aliphatic hydroxyl groups is 1. The predicted molar refractivity (Wildman–Crippen MR) is 127 cm³/mol. The molecule has 0 saturated heterocycles. The number of fused-ring (bicyclic) bond motifs is 3. The summed E-state index contributed by atoms with van der Waals surface area (Å²) >= 11 is 6.38. The monoisotopic (exact) mass is 470 g/mol. The van der Waals surface area contributed by atoms with Crippen molar-refractivity contribution in [3.8, 4) is 22.8 Å². The molecule has 0 amide bonds. The molecule has 4 heterocycles. The number of halogens is 1. The smallest absolute Gasteiger partial charge is 0.160 e. The maximum absolute atomic E-state index is 11.0. The van der Waals surface area contributed by atoms with Crippen molar-refractivity contribution in [1.29, 1.82) is 0 Å². The first-order chi connectivity index (χ1) is 16.2. The Morgan fingerprint density at radius 2 is 2.15 bits per heavy atom. The van der Waals surface area contributed by atoms with Crippen LogP contribution in [0.25, 0.3) is 11.3 Å². The number of benzene rings is 1. The number of hydrogen-bond acceptors (Lipinski definition) is 7. The van der Waals surface area contributed by atoms with E-state index in [2.05, 4.69) is 20.6 Å². The van der Waals surface area contributed by atoms with Crippen molar-refractivity contribution in [2.75, 3.05) is 38.8 Å². The maximum Gasteiger partial charge on any atom is 0.160 e. The fourth-order valence-corrected chi connectivity index (χ4v) is 4.82. The number of H-pyrrole nitrogens is 1. The van der Waals surface area contributed by atoms with Crippen molar-refractivity contribution in [1.82, 2.24) is 15.3 Å². The van der Waals surface area contributed by atoms with E-state index in [1.807, 2.05) is 18.2 Å². The molecule has 33 heavy (non-hydrogen) atoms. The van der Waals surface area contributed by atoms with Gasteiger partial charge in [0.1, 0.15) is 18.6 Å². The second-order valence-electron chi connectivity index (χ2n) is 8.13. The molecule has 1 aromatic carbocycles. The average Bonchev–Trinajstić information content (AvgIpc) is 3.20. The summed E-state index contributed by atoms with van der Waals surface area (Å²) < 4.78 is 17.3. The van der Waals surface area contributed by atoms with Gasteiger partial charge in [-0.05, 0) is 31.0 Å². The number of anilines is 2. The van der Waals surface area contributed by atoms with Gasteiger partial charge in [-0.2, -0.15) is 0 Å². The summed E-state index contributed by atoms with van der Waals surface area (Å²) in [6.45, 7) is 2.28. The van der Waals surface area contributed by atoms with Gasteiger partial charge in [0.25, 0.3) is 0 Å². The topological polar surface area (TPSA) is 101 Å². The number of hydrogen-bond donors (Lipinski definition) is 4. The standard InChI is InChI=1S/C24H27ClN4O4/c1-31-23-16(25)5-2-6-17(23)28-22-19-20-14(12-27-24(19)30)4-3-9-32-10-11-33-18-13-26-8-7-15(18)21(22)29-20/h2,5-8,13-14,24,27-30H,3-4,9-12H2,1H3/t14-,24?/m1/s1. The lowest BCUT2D eigenvalue weighted by molar-refractivity contribution is 0.0939. The molecule has 0 fully saturated rings. The first-order valence-corrected chi connectivity index (χ1v) is 11.5. The van der Waals surface area contributed by atoms with Gasteiger partial charge in [-0.3, -0.25) is 10.3 Å². The van der Waals surface area contributed by atoms with E-state index in [9.17, 15) is 5.11 Å². The first kappa shape index (κ1) is 22.0. The highest BCUT2D eigenvalue weighted by atomic mass is 35.5. The zero-order chi connectivity index (χ0) is 22.8. The number of nitrogens with zero attached hydrogens (tertiary/aromatic N) is 1. The van der Waals surface area contributed by atoms with Crippen LogP contribution in [-0.4, -0.2) is 48.5 Å². The Labute approximate surface area is 197 Å². The summed E-state index contributed by atoms with van der Waals surface area (Å²) in [4.78, 5) is 7.86. The second-order valence-corrected chi connectivity index (χ2v) is 8.54. The number of aliphatic hydroxyl groups excluding tert-OH is 1. The van der Waals surface area contributed by atoms with Crippen molar-refractivity contribution >= 4 is 23.0 Å². The molecular formula is C24H27ClN4O4. The molecule has 2 aromatic heterocycles.